The Morgan fingerprint density at radius 1 is 1.32 bits per heavy atom. The maximum Gasteiger partial charge on any atom is 0.269 e. The number of aromatic nitrogens is 1. The van der Waals surface area contributed by atoms with Gasteiger partial charge in [0, 0.05) is 30.6 Å². The number of rotatable bonds is 5. The lowest BCUT2D eigenvalue weighted by Crippen LogP contribution is -2.24. The lowest BCUT2D eigenvalue weighted by molar-refractivity contribution is -0.384. The average Bonchev–Trinajstić information content (AvgIpc) is 2.54. The Labute approximate surface area is 127 Å². The molecule has 6 heteroatoms. The van der Waals surface area contributed by atoms with E-state index in [-0.39, 0.29) is 17.6 Å². The van der Waals surface area contributed by atoms with E-state index in [2.05, 4.69) is 10.3 Å². The molecule has 0 fully saturated rings. The molecule has 1 unspecified atom stereocenters. The molecule has 0 bridgehead atoms. The number of amides is 1. The van der Waals surface area contributed by atoms with Crippen LogP contribution >= 0.6 is 0 Å². The van der Waals surface area contributed by atoms with Crippen LogP contribution in [0.25, 0.3) is 6.08 Å². The third kappa shape index (κ3) is 4.24. The number of nitrogens with zero attached hydrogens (tertiary/aromatic N) is 2. The van der Waals surface area contributed by atoms with Crippen molar-refractivity contribution in [2.24, 2.45) is 0 Å². The molecule has 1 atom stereocenters. The largest absolute Gasteiger partial charge is 0.346 e. The zero-order chi connectivity index (χ0) is 15.9. The highest BCUT2D eigenvalue weighted by Gasteiger charge is 2.07. The van der Waals surface area contributed by atoms with E-state index in [9.17, 15) is 14.9 Å². The van der Waals surface area contributed by atoms with Crippen LogP contribution in [0.3, 0.4) is 0 Å². The van der Waals surface area contributed by atoms with Crippen molar-refractivity contribution in [1.82, 2.24) is 10.3 Å². The van der Waals surface area contributed by atoms with Crippen LogP contribution in [0.4, 0.5) is 5.69 Å². The van der Waals surface area contributed by atoms with Crippen molar-refractivity contribution in [1.29, 1.82) is 0 Å². The van der Waals surface area contributed by atoms with Gasteiger partial charge in [-0.15, -0.1) is 0 Å². The Kier molecular flexibility index (Phi) is 4.98. The minimum absolute atomic E-state index is 0.0202. The van der Waals surface area contributed by atoms with Gasteiger partial charge in [-0.25, -0.2) is 0 Å². The molecule has 1 aromatic carbocycles. The number of benzene rings is 1. The van der Waals surface area contributed by atoms with E-state index in [1.54, 1.807) is 30.6 Å². The van der Waals surface area contributed by atoms with Gasteiger partial charge >= 0.3 is 0 Å². The smallest absolute Gasteiger partial charge is 0.269 e. The lowest BCUT2D eigenvalue weighted by atomic mass is 10.1. The highest BCUT2D eigenvalue weighted by molar-refractivity contribution is 5.91. The second kappa shape index (κ2) is 7.12. The van der Waals surface area contributed by atoms with E-state index < -0.39 is 4.92 Å². The van der Waals surface area contributed by atoms with E-state index in [1.165, 1.54) is 18.2 Å². The van der Waals surface area contributed by atoms with Gasteiger partial charge in [-0.05, 0) is 42.3 Å². The minimum Gasteiger partial charge on any atom is -0.346 e. The van der Waals surface area contributed by atoms with E-state index >= 15 is 0 Å². The molecule has 0 spiro atoms. The van der Waals surface area contributed by atoms with Crippen LogP contribution in [0.15, 0.2) is 54.9 Å². The summed E-state index contributed by atoms with van der Waals surface area (Å²) in [6.45, 7) is 1.87. The fraction of sp³-hybridized carbons (Fsp3) is 0.125. The molecule has 0 saturated carbocycles. The SMILES string of the molecule is CC(NC(=O)/C=C/c1ccc([N+](=O)[O-])cc1)c1cccnc1. The van der Waals surface area contributed by atoms with E-state index in [1.807, 2.05) is 19.1 Å². The molecule has 2 rings (SSSR count). The molecule has 112 valence electrons. The van der Waals surface area contributed by atoms with Crippen LogP contribution in [0.5, 0.6) is 0 Å². The first-order valence-corrected chi connectivity index (χ1v) is 6.69. The standard InChI is InChI=1S/C16H15N3O3/c1-12(14-3-2-10-17-11-14)18-16(20)9-6-13-4-7-15(8-5-13)19(21)22/h2-12H,1H3,(H,18,20)/b9-6+. The van der Waals surface area contributed by atoms with Crippen LogP contribution < -0.4 is 5.32 Å². The van der Waals surface area contributed by atoms with Gasteiger partial charge in [-0.2, -0.15) is 0 Å². The maximum atomic E-state index is 11.8. The molecule has 22 heavy (non-hydrogen) atoms. The van der Waals surface area contributed by atoms with Crippen LogP contribution in [-0.2, 0) is 4.79 Å². The molecule has 2 aromatic rings. The molecule has 0 saturated heterocycles. The first-order chi connectivity index (χ1) is 10.6. The molecule has 0 radical (unpaired) electrons. The molecule has 1 aromatic heterocycles. The fourth-order valence-corrected chi connectivity index (χ4v) is 1.86. The highest BCUT2D eigenvalue weighted by atomic mass is 16.6. The highest BCUT2D eigenvalue weighted by Crippen LogP contribution is 2.13. The van der Waals surface area contributed by atoms with Gasteiger partial charge < -0.3 is 5.32 Å². The van der Waals surface area contributed by atoms with Crippen LogP contribution in [0.2, 0.25) is 0 Å². The number of nitro benzene ring substituents is 1. The summed E-state index contributed by atoms with van der Waals surface area (Å²) in [4.78, 5) is 25.9. The van der Waals surface area contributed by atoms with Gasteiger partial charge in [-0.3, -0.25) is 19.9 Å². The summed E-state index contributed by atoms with van der Waals surface area (Å²) in [5, 5.41) is 13.4. The molecule has 0 aliphatic heterocycles. The van der Waals surface area contributed by atoms with Crippen molar-refractivity contribution < 1.29 is 9.72 Å². The van der Waals surface area contributed by atoms with Crippen LogP contribution in [0, 0.1) is 10.1 Å². The monoisotopic (exact) mass is 297 g/mol. The minimum atomic E-state index is -0.463. The predicted octanol–water partition coefficient (Wildman–Crippen LogP) is 2.88. The topological polar surface area (TPSA) is 85.1 Å². The maximum absolute atomic E-state index is 11.8. The van der Waals surface area contributed by atoms with E-state index in [0.29, 0.717) is 0 Å². The van der Waals surface area contributed by atoms with Crippen molar-refractivity contribution in [3.05, 3.63) is 76.1 Å². The summed E-state index contributed by atoms with van der Waals surface area (Å²) in [5.41, 5.74) is 1.65. The van der Waals surface area contributed by atoms with E-state index in [0.717, 1.165) is 11.1 Å². The van der Waals surface area contributed by atoms with Crippen molar-refractivity contribution in [3.8, 4) is 0 Å². The Hall–Kier alpha value is -3.02. The number of carbonyl (C=O) groups is 1. The zero-order valence-electron chi connectivity index (χ0n) is 12.0. The van der Waals surface area contributed by atoms with Gasteiger partial charge in [0.1, 0.15) is 0 Å². The molecular formula is C16H15N3O3. The number of non-ortho nitro benzene ring substituents is 1. The Morgan fingerprint density at radius 2 is 2.05 bits per heavy atom. The van der Waals surface area contributed by atoms with Crippen molar-refractivity contribution in [2.45, 2.75) is 13.0 Å². The normalized spacial score (nSPS) is 12.0. The van der Waals surface area contributed by atoms with Crippen LogP contribution in [-0.4, -0.2) is 15.8 Å². The summed E-state index contributed by atoms with van der Waals surface area (Å²) >= 11 is 0. The Balaban J connectivity index is 1.95. The Morgan fingerprint density at radius 3 is 2.64 bits per heavy atom. The second-order valence-electron chi connectivity index (χ2n) is 4.70. The molecule has 1 amide bonds. The molecular weight excluding hydrogens is 282 g/mol. The number of pyridine rings is 1. The van der Waals surface area contributed by atoms with Crippen molar-refractivity contribution >= 4 is 17.7 Å². The first kappa shape index (κ1) is 15.4. The quantitative estimate of drug-likeness (QED) is 0.522. The predicted molar refractivity (Wildman–Crippen MR) is 82.9 cm³/mol. The van der Waals surface area contributed by atoms with E-state index in [4.69, 9.17) is 0 Å². The van der Waals surface area contributed by atoms with Crippen molar-refractivity contribution in [2.75, 3.05) is 0 Å². The van der Waals surface area contributed by atoms with Gasteiger partial charge in [-0.1, -0.05) is 6.07 Å². The summed E-state index contributed by atoms with van der Waals surface area (Å²) in [5.74, 6) is -0.241. The first-order valence-electron chi connectivity index (χ1n) is 6.69. The second-order valence-corrected chi connectivity index (χ2v) is 4.70. The van der Waals surface area contributed by atoms with Gasteiger partial charge in [0.05, 0.1) is 11.0 Å². The van der Waals surface area contributed by atoms with Gasteiger partial charge in [0.15, 0.2) is 0 Å². The zero-order valence-corrected chi connectivity index (χ0v) is 12.0. The summed E-state index contributed by atoms with van der Waals surface area (Å²) in [6, 6.07) is 9.52. The number of nitrogens with one attached hydrogen (secondary N) is 1. The number of carbonyl (C=O) groups excluding carboxylic acids is 1. The third-order valence-corrected chi connectivity index (χ3v) is 3.07. The van der Waals surface area contributed by atoms with Gasteiger partial charge in [0.2, 0.25) is 5.91 Å². The molecule has 1 N–H and O–H groups in total. The summed E-state index contributed by atoms with van der Waals surface area (Å²) in [6.07, 6.45) is 6.38. The third-order valence-electron chi connectivity index (χ3n) is 3.07. The van der Waals surface area contributed by atoms with Gasteiger partial charge in [0.25, 0.3) is 5.69 Å². The summed E-state index contributed by atoms with van der Waals surface area (Å²) < 4.78 is 0. The summed E-state index contributed by atoms with van der Waals surface area (Å²) in [7, 11) is 0. The molecule has 1 heterocycles. The van der Waals surface area contributed by atoms with Crippen molar-refractivity contribution in [3.63, 3.8) is 0 Å². The molecule has 6 nitrogen and oxygen atoms in total. The molecule has 0 aliphatic carbocycles. The number of hydrogen-bond acceptors (Lipinski definition) is 4. The number of nitro groups is 1. The lowest BCUT2D eigenvalue weighted by Gasteiger charge is -2.11. The fourth-order valence-electron chi connectivity index (χ4n) is 1.86. The average molecular weight is 297 g/mol. The molecule has 0 aliphatic rings. The Bertz CT molecular complexity index is 682. The van der Waals surface area contributed by atoms with Crippen LogP contribution in [0.1, 0.15) is 24.1 Å². The number of hydrogen-bond donors (Lipinski definition) is 1.